The third kappa shape index (κ3) is 7.65. The minimum Gasteiger partial charge on any atom is -0.354 e. The number of piperidine rings is 2. The molecule has 6 N–H and O–H groups in total. The second-order valence-electron chi connectivity index (χ2n) is 10.5. The summed E-state index contributed by atoms with van der Waals surface area (Å²) in [7, 11) is -2.58. The van der Waals surface area contributed by atoms with Crippen LogP contribution in [0.5, 0.6) is 0 Å². The summed E-state index contributed by atoms with van der Waals surface area (Å²) in [5.41, 5.74) is 11.5. The molecule has 0 bridgehead atoms. The number of hydrogen-bond acceptors (Lipinski definition) is 10. The van der Waals surface area contributed by atoms with E-state index in [0.717, 1.165) is 29.7 Å². The average molecular weight is 588 g/mol. The standard InChI is InChI=1S/C15H24N6O2S.C9H21N3O2S/c1-11-4-7-21(24(22,23)8-5-16)9-13(11)20(2)15-12-3-6-17-14(12)18-10-19-15;1-8-3-5-12(7-9(8)11-2)15(13,14)6-4-10/h3,6,10-11,13H,4-5,7-9,16H2,1-2H3,(H,17,18,19);8-9,11H,3-7,10H2,1-2H3. The highest BCUT2D eigenvalue weighted by Crippen LogP contribution is 2.29. The first-order valence-corrected chi connectivity index (χ1v) is 16.7. The van der Waals surface area contributed by atoms with E-state index in [4.69, 9.17) is 11.5 Å². The van der Waals surface area contributed by atoms with E-state index in [1.54, 1.807) is 8.61 Å². The van der Waals surface area contributed by atoms with E-state index in [2.05, 4.69) is 39.0 Å². The Balaban J connectivity index is 0.000000242. The van der Waals surface area contributed by atoms with Crippen LogP contribution in [0.4, 0.5) is 5.82 Å². The second kappa shape index (κ2) is 13.7. The van der Waals surface area contributed by atoms with Crippen molar-refractivity contribution in [2.75, 3.05) is 69.8 Å². The molecule has 0 aliphatic carbocycles. The van der Waals surface area contributed by atoms with Crippen molar-refractivity contribution in [1.29, 1.82) is 0 Å². The number of nitrogens with zero attached hydrogens (tertiary/aromatic N) is 5. The highest BCUT2D eigenvalue weighted by Gasteiger charge is 2.35. The largest absolute Gasteiger partial charge is 0.354 e. The molecule has 2 aliphatic rings. The van der Waals surface area contributed by atoms with E-state index in [-0.39, 0.29) is 36.7 Å². The zero-order valence-corrected chi connectivity index (χ0v) is 25.1. The number of sulfonamides is 2. The van der Waals surface area contributed by atoms with E-state index in [9.17, 15) is 16.8 Å². The minimum atomic E-state index is -3.29. The smallest absolute Gasteiger partial charge is 0.215 e. The number of anilines is 1. The fraction of sp³-hybridized carbons (Fsp3) is 0.750. The van der Waals surface area contributed by atoms with Crippen LogP contribution in [0.3, 0.4) is 0 Å². The Morgan fingerprint density at radius 2 is 1.59 bits per heavy atom. The number of fused-ring (bicyclic) bond motifs is 1. The number of nitrogens with one attached hydrogen (secondary N) is 2. The van der Waals surface area contributed by atoms with Gasteiger partial charge in [0.1, 0.15) is 17.8 Å². The number of aromatic amines is 1. The summed E-state index contributed by atoms with van der Waals surface area (Å²) in [5.74, 6) is 1.75. The molecule has 2 aliphatic heterocycles. The predicted octanol–water partition coefficient (Wildman–Crippen LogP) is -0.402. The fourth-order valence-corrected chi connectivity index (χ4v) is 7.94. The van der Waals surface area contributed by atoms with Gasteiger partial charge in [-0.15, -0.1) is 0 Å². The fourth-order valence-electron chi connectivity index (χ4n) is 5.30. The summed E-state index contributed by atoms with van der Waals surface area (Å²) >= 11 is 0. The molecule has 0 saturated carbocycles. The monoisotopic (exact) mass is 587 g/mol. The highest BCUT2D eigenvalue weighted by atomic mass is 32.2. The quantitative estimate of drug-likeness (QED) is 0.301. The van der Waals surface area contributed by atoms with Crippen LogP contribution < -0.4 is 21.7 Å². The third-order valence-corrected chi connectivity index (χ3v) is 11.6. The molecule has 4 heterocycles. The van der Waals surface area contributed by atoms with Crippen molar-refractivity contribution in [1.82, 2.24) is 28.9 Å². The molecular formula is C24H45N9O4S2. The SMILES string of the molecule is CC1CCN(S(=O)(=O)CCN)CC1N(C)c1ncnc2[nH]ccc12.CNC1CN(S(=O)(=O)CCN)CCC1C. The molecule has 4 unspecified atom stereocenters. The van der Waals surface area contributed by atoms with Gasteiger partial charge in [-0.05, 0) is 37.8 Å². The van der Waals surface area contributed by atoms with Gasteiger partial charge in [-0.1, -0.05) is 13.8 Å². The number of hydrogen-bond donors (Lipinski definition) is 4. The molecule has 2 aromatic heterocycles. The molecule has 2 aromatic rings. The lowest BCUT2D eigenvalue weighted by atomic mass is 9.93. The van der Waals surface area contributed by atoms with Crippen LogP contribution in [0.25, 0.3) is 11.0 Å². The summed E-state index contributed by atoms with van der Waals surface area (Å²) in [6.07, 6.45) is 5.09. The Kier molecular flexibility index (Phi) is 11.1. The first-order valence-electron chi connectivity index (χ1n) is 13.5. The number of H-pyrrole nitrogens is 1. The first kappa shape index (κ1) is 31.6. The summed E-state index contributed by atoms with van der Waals surface area (Å²) in [6.45, 7) is 6.84. The third-order valence-electron chi connectivity index (χ3n) is 7.88. The van der Waals surface area contributed by atoms with E-state index in [1.165, 1.54) is 6.33 Å². The summed E-state index contributed by atoms with van der Waals surface area (Å²) in [6, 6.07) is 2.25. The highest BCUT2D eigenvalue weighted by molar-refractivity contribution is 7.89. The van der Waals surface area contributed by atoms with Crippen LogP contribution in [0.2, 0.25) is 0 Å². The van der Waals surface area contributed by atoms with Gasteiger partial charge in [0.05, 0.1) is 16.9 Å². The summed E-state index contributed by atoms with van der Waals surface area (Å²) in [4.78, 5) is 13.8. The minimum absolute atomic E-state index is 0.00657. The Morgan fingerprint density at radius 1 is 1.00 bits per heavy atom. The van der Waals surface area contributed by atoms with Gasteiger partial charge in [0.2, 0.25) is 20.0 Å². The van der Waals surface area contributed by atoms with Crippen LogP contribution in [-0.2, 0) is 20.0 Å². The summed E-state index contributed by atoms with van der Waals surface area (Å²) in [5, 5.41) is 4.10. The van der Waals surface area contributed by atoms with E-state index in [1.807, 2.05) is 26.4 Å². The molecule has 2 saturated heterocycles. The van der Waals surface area contributed by atoms with Gasteiger partial charge in [-0.2, -0.15) is 4.31 Å². The van der Waals surface area contributed by atoms with E-state index in [0.29, 0.717) is 38.0 Å². The topological polar surface area (TPSA) is 184 Å². The van der Waals surface area contributed by atoms with Crippen molar-refractivity contribution in [2.45, 2.75) is 38.8 Å². The van der Waals surface area contributed by atoms with Crippen molar-refractivity contribution < 1.29 is 16.8 Å². The maximum Gasteiger partial charge on any atom is 0.215 e. The first-order chi connectivity index (χ1) is 18.4. The second-order valence-corrected chi connectivity index (χ2v) is 14.6. The molecule has 0 amide bonds. The van der Waals surface area contributed by atoms with E-state index < -0.39 is 20.0 Å². The molecule has 4 rings (SSSR count). The van der Waals surface area contributed by atoms with Gasteiger partial charge < -0.3 is 26.7 Å². The molecular weight excluding hydrogens is 542 g/mol. The van der Waals surface area contributed by atoms with Crippen LogP contribution in [0, 0.1) is 11.8 Å². The van der Waals surface area contributed by atoms with Crippen LogP contribution in [0.1, 0.15) is 26.7 Å². The molecule has 15 heteroatoms. The van der Waals surface area contributed by atoms with Crippen molar-refractivity contribution in [2.24, 2.45) is 23.3 Å². The number of rotatable bonds is 9. The van der Waals surface area contributed by atoms with Gasteiger partial charge in [0.15, 0.2) is 0 Å². The molecule has 0 spiro atoms. The number of nitrogens with two attached hydrogens (primary N) is 2. The Morgan fingerprint density at radius 3 is 2.18 bits per heavy atom. The maximum atomic E-state index is 12.4. The summed E-state index contributed by atoms with van der Waals surface area (Å²) < 4.78 is 51.4. The normalized spacial score (nSPS) is 25.3. The lowest BCUT2D eigenvalue weighted by molar-refractivity contribution is 0.229. The Hall–Kier alpha value is -1.88. The Bertz CT molecular complexity index is 1270. The van der Waals surface area contributed by atoms with E-state index >= 15 is 0 Å². The molecule has 222 valence electrons. The van der Waals surface area contributed by atoms with Crippen LogP contribution in [0.15, 0.2) is 18.6 Å². The number of likely N-dealkylation sites (N-methyl/N-ethyl adjacent to an activating group) is 2. The van der Waals surface area contributed by atoms with Gasteiger partial charge in [0, 0.05) is 64.6 Å². The lowest BCUT2D eigenvalue weighted by Gasteiger charge is -2.41. The van der Waals surface area contributed by atoms with Crippen molar-refractivity contribution in [3.05, 3.63) is 18.6 Å². The zero-order valence-electron chi connectivity index (χ0n) is 23.5. The molecule has 39 heavy (non-hydrogen) atoms. The lowest BCUT2D eigenvalue weighted by Crippen LogP contribution is -2.53. The Labute approximate surface area is 232 Å². The van der Waals surface area contributed by atoms with Gasteiger partial charge in [-0.25, -0.2) is 31.1 Å². The average Bonchev–Trinajstić information content (AvgIpc) is 3.38. The van der Waals surface area contributed by atoms with Crippen molar-refractivity contribution in [3.63, 3.8) is 0 Å². The maximum absolute atomic E-state index is 12.4. The predicted molar refractivity (Wildman–Crippen MR) is 155 cm³/mol. The molecule has 0 radical (unpaired) electrons. The molecule has 13 nitrogen and oxygen atoms in total. The van der Waals surface area contributed by atoms with Crippen molar-refractivity contribution >= 4 is 36.9 Å². The van der Waals surface area contributed by atoms with Crippen molar-refractivity contribution in [3.8, 4) is 0 Å². The zero-order chi connectivity index (χ0) is 28.8. The van der Waals surface area contributed by atoms with Crippen LogP contribution in [-0.4, -0.2) is 117 Å². The van der Waals surface area contributed by atoms with Gasteiger partial charge >= 0.3 is 0 Å². The molecule has 0 aromatic carbocycles. The van der Waals surface area contributed by atoms with Gasteiger partial charge in [-0.3, -0.25) is 0 Å². The van der Waals surface area contributed by atoms with Gasteiger partial charge in [0.25, 0.3) is 0 Å². The molecule has 2 fully saturated rings. The molecule has 4 atom stereocenters. The van der Waals surface area contributed by atoms with Crippen LogP contribution >= 0.6 is 0 Å². The number of aromatic nitrogens is 3.